The van der Waals surface area contributed by atoms with Crippen LogP contribution in [0.3, 0.4) is 0 Å². The highest BCUT2D eigenvalue weighted by Gasteiger charge is 2.40. The Bertz CT molecular complexity index is 1390. The van der Waals surface area contributed by atoms with E-state index in [1.54, 1.807) is 20.8 Å². The highest BCUT2D eigenvalue weighted by atomic mass is 19.4. The fourth-order valence-electron chi connectivity index (χ4n) is 4.49. The van der Waals surface area contributed by atoms with Crippen LogP contribution in [0.5, 0.6) is 0 Å². The molecule has 42 heavy (non-hydrogen) atoms. The van der Waals surface area contributed by atoms with E-state index in [2.05, 4.69) is 10.1 Å². The van der Waals surface area contributed by atoms with Gasteiger partial charge in [-0.25, -0.2) is 27.2 Å². The van der Waals surface area contributed by atoms with Gasteiger partial charge in [-0.1, -0.05) is 32.9 Å². The van der Waals surface area contributed by atoms with Gasteiger partial charge in [0.05, 0.1) is 29.8 Å². The molecule has 1 heterocycles. The second-order valence-electron chi connectivity index (χ2n) is 11.0. The number of benzene rings is 2. The van der Waals surface area contributed by atoms with Crippen LogP contribution in [-0.2, 0) is 17.5 Å². The fraction of sp³-hybridized carbons (Fsp3) is 0.464. The molecule has 1 aromatic heterocycles. The Morgan fingerprint density at radius 3 is 2.33 bits per heavy atom. The lowest BCUT2D eigenvalue weighted by Crippen LogP contribution is -2.48. The number of carbonyl (C=O) groups excluding carboxylic acids is 1. The number of nitrogens with zero attached hydrogens (tertiary/aromatic N) is 4. The van der Waals surface area contributed by atoms with Crippen molar-refractivity contribution in [2.75, 3.05) is 6.54 Å². The van der Waals surface area contributed by atoms with E-state index in [9.17, 15) is 40.6 Å². The number of alkyl halides is 5. The monoisotopic (exact) mass is 603 g/mol. The summed E-state index contributed by atoms with van der Waals surface area (Å²) in [5.41, 5.74) is 3.43. The number of aliphatic hydroxyl groups is 1. The van der Waals surface area contributed by atoms with Crippen molar-refractivity contribution >= 4 is 5.91 Å². The van der Waals surface area contributed by atoms with E-state index >= 15 is 0 Å². The average Bonchev–Trinajstić information content (AvgIpc) is 3.28. The zero-order valence-electron chi connectivity index (χ0n) is 23.3. The third-order valence-corrected chi connectivity index (χ3v) is 6.50. The summed E-state index contributed by atoms with van der Waals surface area (Å²) in [6, 6.07) is 4.21. The van der Waals surface area contributed by atoms with Crippen molar-refractivity contribution in [2.45, 2.75) is 71.4 Å². The molecule has 0 saturated heterocycles. The summed E-state index contributed by atoms with van der Waals surface area (Å²) in [5.74, 6) is -2.92. The van der Waals surface area contributed by atoms with Crippen molar-refractivity contribution in [2.24, 2.45) is 11.1 Å². The van der Waals surface area contributed by atoms with E-state index in [0.717, 1.165) is 39.9 Å². The van der Waals surface area contributed by atoms with Crippen LogP contribution < -0.4 is 5.73 Å². The molecular formula is C28H32F7N5O2. The molecule has 0 bridgehead atoms. The van der Waals surface area contributed by atoms with Crippen LogP contribution in [0.25, 0.3) is 11.4 Å². The largest absolute Gasteiger partial charge is 0.416 e. The number of hydrogen-bond donors (Lipinski definition) is 2. The first-order chi connectivity index (χ1) is 19.4. The van der Waals surface area contributed by atoms with Crippen molar-refractivity contribution < 1.29 is 40.6 Å². The number of rotatable bonds is 10. The summed E-state index contributed by atoms with van der Waals surface area (Å²) >= 11 is 0. The summed E-state index contributed by atoms with van der Waals surface area (Å²) in [5, 5.41) is 14.5. The zero-order chi connectivity index (χ0) is 31.6. The first-order valence-corrected chi connectivity index (χ1v) is 13.0. The number of carbonyl (C=O) groups is 1. The molecule has 3 atom stereocenters. The lowest BCUT2D eigenvalue weighted by Gasteiger charge is -2.40. The van der Waals surface area contributed by atoms with Crippen LogP contribution in [0.1, 0.15) is 57.1 Å². The van der Waals surface area contributed by atoms with Gasteiger partial charge < -0.3 is 15.7 Å². The predicted molar refractivity (Wildman–Crippen MR) is 140 cm³/mol. The topological polar surface area (TPSA) is 97.3 Å². The highest BCUT2D eigenvalue weighted by Crippen LogP contribution is 2.39. The van der Waals surface area contributed by atoms with Gasteiger partial charge in [-0.05, 0) is 54.7 Å². The van der Waals surface area contributed by atoms with Gasteiger partial charge in [0.25, 0.3) is 12.3 Å². The predicted octanol–water partition coefficient (Wildman–Crippen LogP) is 5.57. The van der Waals surface area contributed by atoms with Crippen LogP contribution in [0.4, 0.5) is 30.7 Å². The van der Waals surface area contributed by atoms with Gasteiger partial charge in [-0.15, -0.1) is 0 Å². The number of amides is 1. The van der Waals surface area contributed by atoms with Gasteiger partial charge in [0.15, 0.2) is 11.6 Å². The molecule has 0 spiro atoms. The van der Waals surface area contributed by atoms with Gasteiger partial charge in [0.1, 0.15) is 17.7 Å². The first-order valence-electron chi connectivity index (χ1n) is 13.0. The van der Waals surface area contributed by atoms with E-state index in [1.165, 1.54) is 19.1 Å². The van der Waals surface area contributed by atoms with E-state index in [4.69, 9.17) is 5.73 Å². The van der Waals surface area contributed by atoms with Crippen LogP contribution in [0.15, 0.2) is 42.5 Å². The number of hydrogen-bond acceptors (Lipinski definition) is 5. The molecule has 2 unspecified atom stereocenters. The van der Waals surface area contributed by atoms with Crippen molar-refractivity contribution in [3.63, 3.8) is 0 Å². The van der Waals surface area contributed by atoms with Crippen molar-refractivity contribution in [3.05, 3.63) is 71.1 Å². The molecule has 3 aromatic rings. The Morgan fingerprint density at radius 2 is 1.76 bits per heavy atom. The first kappa shape index (κ1) is 33.0. The maximum Gasteiger partial charge on any atom is 0.416 e. The maximum absolute atomic E-state index is 14.8. The highest BCUT2D eigenvalue weighted by molar-refractivity contribution is 5.80. The van der Waals surface area contributed by atoms with Crippen molar-refractivity contribution in [1.29, 1.82) is 0 Å². The SMILES string of the molecule is CC(O)C(=O)N(CCC(N)C(F)F)[C@@H](c1nc(-c2cc(F)ccc2F)nn1Cc1cccc(C(F)(F)F)c1)C(C)(C)C. The Kier molecular flexibility index (Phi) is 10.0. The molecular weight excluding hydrogens is 571 g/mol. The van der Waals surface area contributed by atoms with E-state index in [0.29, 0.717) is 0 Å². The molecule has 3 N–H and O–H groups in total. The fourth-order valence-corrected chi connectivity index (χ4v) is 4.49. The van der Waals surface area contributed by atoms with Gasteiger partial charge in [0, 0.05) is 6.54 Å². The van der Waals surface area contributed by atoms with Gasteiger partial charge >= 0.3 is 6.18 Å². The normalized spacial score (nSPS) is 14.6. The van der Waals surface area contributed by atoms with E-state index in [1.807, 2.05) is 0 Å². The number of aromatic nitrogens is 3. The average molecular weight is 604 g/mol. The molecule has 0 aliphatic carbocycles. The zero-order valence-corrected chi connectivity index (χ0v) is 23.3. The summed E-state index contributed by atoms with van der Waals surface area (Å²) in [7, 11) is 0. The minimum Gasteiger partial charge on any atom is -0.384 e. The van der Waals surface area contributed by atoms with E-state index < -0.39 is 59.3 Å². The Balaban J connectivity index is 2.24. The molecule has 7 nitrogen and oxygen atoms in total. The third kappa shape index (κ3) is 7.85. The molecule has 2 aromatic carbocycles. The molecule has 14 heteroatoms. The molecule has 1 amide bonds. The lowest BCUT2D eigenvalue weighted by atomic mass is 9.84. The van der Waals surface area contributed by atoms with Gasteiger partial charge in [0.2, 0.25) is 0 Å². The van der Waals surface area contributed by atoms with E-state index in [-0.39, 0.29) is 42.3 Å². The van der Waals surface area contributed by atoms with Crippen LogP contribution in [0, 0.1) is 17.0 Å². The molecule has 0 aliphatic rings. The van der Waals surface area contributed by atoms with Crippen LogP contribution >= 0.6 is 0 Å². The molecule has 230 valence electrons. The molecule has 0 fully saturated rings. The van der Waals surface area contributed by atoms with Gasteiger partial charge in [-0.3, -0.25) is 4.79 Å². The minimum absolute atomic E-state index is 0.0572. The second-order valence-corrected chi connectivity index (χ2v) is 11.0. The summed E-state index contributed by atoms with van der Waals surface area (Å²) in [4.78, 5) is 18.8. The standard InChI is InChI=1S/C28H32F7N5O2/c1-15(41)26(42)39(11-10-21(36)23(31)32)22(27(2,3)4)25-37-24(19-13-18(29)8-9-20(19)30)38-40(25)14-16-6-5-7-17(12-16)28(33,34)35/h5-9,12-13,15,21-23,41H,10-11,14,36H2,1-4H3/t15?,21?,22-/m0/s1. The summed E-state index contributed by atoms with van der Waals surface area (Å²) in [6.07, 6.45) is -9.48. The smallest absolute Gasteiger partial charge is 0.384 e. The number of nitrogens with two attached hydrogens (primary N) is 1. The number of halogens is 7. The van der Waals surface area contributed by atoms with Gasteiger partial charge in [-0.2, -0.15) is 18.3 Å². The Labute approximate surface area is 238 Å². The molecule has 0 aliphatic heterocycles. The van der Waals surface area contributed by atoms with Crippen LogP contribution in [-0.4, -0.2) is 55.8 Å². The molecule has 3 rings (SSSR count). The quantitative estimate of drug-likeness (QED) is 0.296. The lowest BCUT2D eigenvalue weighted by molar-refractivity contribution is -0.145. The van der Waals surface area contributed by atoms with Crippen molar-refractivity contribution in [1.82, 2.24) is 19.7 Å². The van der Waals surface area contributed by atoms with Crippen LogP contribution in [0.2, 0.25) is 0 Å². The minimum atomic E-state index is -4.64. The Morgan fingerprint density at radius 1 is 1.10 bits per heavy atom. The summed E-state index contributed by atoms with van der Waals surface area (Å²) < 4.78 is 96.7. The molecule has 0 saturated carbocycles. The Hall–Kier alpha value is -3.52. The molecule has 0 radical (unpaired) electrons. The van der Waals surface area contributed by atoms with Crippen molar-refractivity contribution in [3.8, 4) is 11.4 Å². The maximum atomic E-state index is 14.8. The number of aliphatic hydroxyl groups excluding tert-OH is 1. The third-order valence-electron chi connectivity index (χ3n) is 6.50. The summed E-state index contributed by atoms with van der Waals surface area (Å²) in [6.45, 7) is 5.54. The second kappa shape index (κ2) is 12.8.